The maximum Gasteiger partial charge on any atom is 0.339 e. The Morgan fingerprint density at radius 2 is 1.95 bits per heavy atom. The number of benzene rings is 1. The van der Waals surface area contributed by atoms with Crippen molar-refractivity contribution in [1.82, 2.24) is 0 Å². The molecule has 0 amide bonds. The quantitative estimate of drug-likeness (QED) is 0.843. The van der Waals surface area contributed by atoms with Crippen LogP contribution in [0.4, 0.5) is 0 Å². The number of methoxy groups -OCH3 is 2. The van der Waals surface area contributed by atoms with Gasteiger partial charge in [0, 0.05) is 16.7 Å². The zero-order valence-electron chi connectivity index (χ0n) is 11.3. The highest BCUT2D eigenvalue weighted by Crippen LogP contribution is 2.38. The molecule has 0 saturated carbocycles. The Balaban J connectivity index is 3.33. The molecule has 0 spiro atoms. The van der Waals surface area contributed by atoms with Gasteiger partial charge >= 0.3 is 5.97 Å². The van der Waals surface area contributed by atoms with Crippen LogP contribution >= 0.6 is 11.6 Å². The Morgan fingerprint density at radius 3 is 2.42 bits per heavy atom. The smallest absolute Gasteiger partial charge is 0.339 e. The van der Waals surface area contributed by atoms with Gasteiger partial charge in [-0.25, -0.2) is 4.79 Å². The van der Waals surface area contributed by atoms with Gasteiger partial charge in [-0.05, 0) is 19.9 Å². The molecule has 5 nitrogen and oxygen atoms in total. The van der Waals surface area contributed by atoms with Crippen molar-refractivity contribution in [2.24, 2.45) is 0 Å². The standard InChI is InChI=1S/C13H17ClO5/c1-7(2)19-12-9(11(15)13(16)18-4)5-8(14)6-10(12)17-3/h5-7,11,15H,1-4H3. The van der Waals surface area contributed by atoms with Crippen LogP contribution in [0.3, 0.4) is 0 Å². The van der Waals surface area contributed by atoms with Gasteiger partial charge in [-0.1, -0.05) is 11.6 Å². The minimum Gasteiger partial charge on any atom is -0.493 e. The SMILES string of the molecule is COC(=O)C(O)c1cc(Cl)cc(OC)c1OC(C)C. The molecule has 0 radical (unpaired) electrons. The molecule has 0 aliphatic heterocycles. The van der Waals surface area contributed by atoms with E-state index in [1.807, 2.05) is 13.8 Å². The fourth-order valence-corrected chi connectivity index (χ4v) is 1.76. The average Bonchev–Trinajstić information content (AvgIpc) is 2.37. The molecule has 0 saturated heterocycles. The third-order valence-electron chi connectivity index (χ3n) is 2.34. The van der Waals surface area contributed by atoms with E-state index in [-0.39, 0.29) is 17.4 Å². The van der Waals surface area contributed by atoms with E-state index in [4.69, 9.17) is 21.1 Å². The van der Waals surface area contributed by atoms with E-state index in [9.17, 15) is 9.90 Å². The van der Waals surface area contributed by atoms with E-state index in [1.165, 1.54) is 20.3 Å². The Labute approximate surface area is 117 Å². The maximum atomic E-state index is 11.4. The first-order valence-electron chi connectivity index (χ1n) is 5.70. The zero-order chi connectivity index (χ0) is 14.6. The number of rotatable bonds is 5. The molecular formula is C13H17ClO5. The second-order valence-electron chi connectivity index (χ2n) is 4.12. The number of carbonyl (C=O) groups excluding carboxylic acids is 1. The Bertz CT molecular complexity index is 459. The first-order chi connectivity index (χ1) is 8.90. The summed E-state index contributed by atoms with van der Waals surface area (Å²) in [6.07, 6.45) is -1.63. The molecule has 1 rings (SSSR count). The van der Waals surface area contributed by atoms with Gasteiger partial charge in [0.2, 0.25) is 0 Å². The molecule has 19 heavy (non-hydrogen) atoms. The molecule has 0 aliphatic rings. The highest BCUT2D eigenvalue weighted by Gasteiger charge is 2.26. The second kappa shape index (κ2) is 6.63. The number of aliphatic hydroxyl groups is 1. The monoisotopic (exact) mass is 288 g/mol. The molecule has 0 bridgehead atoms. The molecule has 6 heteroatoms. The average molecular weight is 289 g/mol. The summed E-state index contributed by atoms with van der Waals surface area (Å²) < 4.78 is 15.3. The number of aliphatic hydroxyl groups excluding tert-OH is 1. The van der Waals surface area contributed by atoms with Crippen LogP contribution in [0.2, 0.25) is 5.02 Å². The molecule has 106 valence electrons. The van der Waals surface area contributed by atoms with Crippen LogP contribution in [0.1, 0.15) is 25.5 Å². The topological polar surface area (TPSA) is 65.0 Å². The van der Waals surface area contributed by atoms with Crippen molar-refractivity contribution in [1.29, 1.82) is 0 Å². The molecule has 0 aliphatic carbocycles. The van der Waals surface area contributed by atoms with E-state index < -0.39 is 12.1 Å². The summed E-state index contributed by atoms with van der Waals surface area (Å²) in [6.45, 7) is 3.64. The van der Waals surface area contributed by atoms with Gasteiger partial charge in [-0.2, -0.15) is 0 Å². The van der Waals surface area contributed by atoms with Crippen molar-refractivity contribution >= 4 is 17.6 Å². The first kappa shape index (κ1) is 15.6. The lowest BCUT2D eigenvalue weighted by Crippen LogP contribution is -2.17. The lowest BCUT2D eigenvalue weighted by molar-refractivity contribution is -0.150. The van der Waals surface area contributed by atoms with Gasteiger partial charge in [0.05, 0.1) is 20.3 Å². The summed E-state index contributed by atoms with van der Waals surface area (Å²) >= 11 is 5.93. The summed E-state index contributed by atoms with van der Waals surface area (Å²) in [7, 11) is 2.64. The number of carbonyl (C=O) groups is 1. The second-order valence-corrected chi connectivity index (χ2v) is 4.56. The van der Waals surface area contributed by atoms with Gasteiger partial charge in [0.25, 0.3) is 0 Å². The van der Waals surface area contributed by atoms with Crippen LogP contribution < -0.4 is 9.47 Å². The van der Waals surface area contributed by atoms with E-state index in [1.54, 1.807) is 6.07 Å². The minimum absolute atomic E-state index is 0.154. The van der Waals surface area contributed by atoms with Crippen LogP contribution in [-0.4, -0.2) is 31.4 Å². The van der Waals surface area contributed by atoms with Gasteiger partial charge in [0.15, 0.2) is 17.6 Å². The fourth-order valence-electron chi connectivity index (χ4n) is 1.54. The number of hydrogen-bond donors (Lipinski definition) is 1. The Kier molecular flexibility index (Phi) is 5.44. The van der Waals surface area contributed by atoms with Gasteiger partial charge < -0.3 is 19.3 Å². The zero-order valence-corrected chi connectivity index (χ0v) is 12.0. The Morgan fingerprint density at radius 1 is 1.32 bits per heavy atom. The molecule has 0 heterocycles. The lowest BCUT2D eigenvalue weighted by atomic mass is 10.1. The summed E-state index contributed by atoms with van der Waals surface area (Å²) in [4.78, 5) is 11.4. The fraction of sp³-hybridized carbons (Fsp3) is 0.462. The lowest BCUT2D eigenvalue weighted by Gasteiger charge is -2.19. The third kappa shape index (κ3) is 3.75. The number of ether oxygens (including phenoxy) is 3. The van der Waals surface area contributed by atoms with Gasteiger partial charge in [-0.15, -0.1) is 0 Å². The van der Waals surface area contributed by atoms with Crippen molar-refractivity contribution in [3.63, 3.8) is 0 Å². The van der Waals surface area contributed by atoms with E-state index >= 15 is 0 Å². The number of halogens is 1. The van der Waals surface area contributed by atoms with Crippen molar-refractivity contribution in [3.05, 3.63) is 22.7 Å². The van der Waals surface area contributed by atoms with Crippen LogP contribution in [0, 0.1) is 0 Å². The van der Waals surface area contributed by atoms with Crippen molar-refractivity contribution < 1.29 is 24.1 Å². The molecule has 1 aromatic carbocycles. The van der Waals surface area contributed by atoms with Crippen molar-refractivity contribution in [3.8, 4) is 11.5 Å². The first-order valence-corrected chi connectivity index (χ1v) is 6.08. The maximum absolute atomic E-state index is 11.4. The normalized spacial score (nSPS) is 12.2. The highest BCUT2D eigenvalue weighted by atomic mass is 35.5. The Hall–Kier alpha value is -1.46. The number of esters is 1. The minimum atomic E-state index is -1.48. The molecule has 1 N–H and O–H groups in total. The van der Waals surface area contributed by atoms with Crippen molar-refractivity contribution in [2.75, 3.05) is 14.2 Å². The van der Waals surface area contributed by atoms with Crippen LogP contribution in [0.5, 0.6) is 11.5 Å². The summed E-state index contributed by atoms with van der Waals surface area (Å²) in [6, 6.07) is 3.00. The van der Waals surface area contributed by atoms with Crippen LogP contribution in [-0.2, 0) is 9.53 Å². The van der Waals surface area contributed by atoms with Crippen LogP contribution in [0.25, 0.3) is 0 Å². The van der Waals surface area contributed by atoms with Gasteiger partial charge in [-0.3, -0.25) is 0 Å². The molecular weight excluding hydrogens is 272 g/mol. The summed E-state index contributed by atoms with van der Waals surface area (Å²) in [5.74, 6) is -0.170. The molecule has 1 aromatic rings. The predicted molar refractivity (Wildman–Crippen MR) is 70.7 cm³/mol. The van der Waals surface area contributed by atoms with E-state index in [0.717, 1.165) is 0 Å². The predicted octanol–water partition coefficient (Wildman–Crippen LogP) is 2.34. The molecule has 0 fully saturated rings. The van der Waals surface area contributed by atoms with Gasteiger partial charge in [0.1, 0.15) is 0 Å². The van der Waals surface area contributed by atoms with Crippen LogP contribution in [0.15, 0.2) is 12.1 Å². The number of hydrogen-bond acceptors (Lipinski definition) is 5. The third-order valence-corrected chi connectivity index (χ3v) is 2.56. The van der Waals surface area contributed by atoms with E-state index in [2.05, 4.69) is 4.74 Å². The highest BCUT2D eigenvalue weighted by molar-refractivity contribution is 6.30. The molecule has 0 aromatic heterocycles. The van der Waals surface area contributed by atoms with Crippen molar-refractivity contribution in [2.45, 2.75) is 26.1 Å². The van der Waals surface area contributed by atoms with E-state index in [0.29, 0.717) is 10.8 Å². The summed E-state index contributed by atoms with van der Waals surface area (Å²) in [5, 5.41) is 10.3. The largest absolute Gasteiger partial charge is 0.493 e. The summed E-state index contributed by atoms with van der Waals surface area (Å²) in [5.41, 5.74) is 0.213. The molecule has 1 unspecified atom stereocenters. The molecule has 1 atom stereocenters.